The average molecular weight is 316 g/mol. The van der Waals surface area contributed by atoms with Crippen LogP contribution in [0.15, 0.2) is 18.5 Å². The average Bonchev–Trinajstić information content (AvgIpc) is 2.47. The van der Waals surface area contributed by atoms with Gasteiger partial charge in [0, 0.05) is 38.6 Å². The molecular weight excluding hydrogens is 296 g/mol. The fraction of sp³-hybridized carbons (Fsp3) is 0.667. The van der Waals surface area contributed by atoms with Gasteiger partial charge >= 0.3 is 0 Å². The van der Waals surface area contributed by atoms with E-state index in [4.69, 9.17) is 0 Å². The zero-order valence-electron chi connectivity index (χ0n) is 11.3. The molecular formula is C12H20N4O2S2. The molecule has 112 valence electrons. The van der Waals surface area contributed by atoms with Crippen LogP contribution in [-0.4, -0.2) is 65.3 Å². The van der Waals surface area contributed by atoms with Gasteiger partial charge in [-0.1, -0.05) is 0 Å². The highest BCUT2D eigenvalue weighted by molar-refractivity contribution is 7.89. The molecule has 20 heavy (non-hydrogen) atoms. The standard InChI is InChI=1S/C12H20N4O2S2/c17-20(18,10-2-9-19)16-7-5-15(6-8-16)11-12-13-3-1-4-14-12/h1,3-4,19H,2,5-11H2. The molecule has 0 unspecified atom stereocenters. The van der Waals surface area contributed by atoms with E-state index in [9.17, 15) is 8.42 Å². The Labute approximate surface area is 125 Å². The molecule has 0 aliphatic carbocycles. The van der Waals surface area contributed by atoms with Gasteiger partial charge in [-0.2, -0.15) is 16.9 Å². The van der Waals surface area contributed by atoms with E-state index in [1.807, 2.05) is 0 Å². The van der Waals surface area contributed by atoms with Crippen molar-refractivity contribution in [2.45, 2.75) is 13.0 Å². The molecule has 2 rings (SSSR count). The van der Waals surface area contributed by atoms with Crippen molar-refractivity contribution >= 4 is 22.7 Å². The third-order valence-corrected chi connectivity index (χ3v) is 5.54. The van der Waals surface area contributed by atoms with E-state index in [-0.39, 0.29) is 5.75 Å². The van der Waals surface area contributed by atoms with Crippen LogP contribution in [0.4, 0.5) is 0 Å². The first kappa shape index (κ1) is 15.7. The molecule has 1 fully saturated rings. The summed E-state index contributed by atoms with van der Waals surface area (Å²) in [5.41, 5.74) is 0. The first-order chi connectivity index (χ1) is 9.62. The van der Waals surface area contributed by atoms with Crippen LogP contribution in [0.1, 0.15) is 12.2 Å². The van der Waals surface area contributed by atoms with Crippen molar-refractivity contribution in [2.75, 3.05) is 37.7 Å². The van der Waals surface area contributed by atoms with Crippen molar-refractivity contribution in [3.63, 3.8) is 0 Å². The maximum Gasteiger partial charge on any atom is 0.214 e. The molecule has 1 aliphatic heterocycles. The third kappa shape index (κ3) is 4.41. The molecule has 0 N–H and O–H groups in total. The minimum atomic E-state index is -3.12. The lowest BCUT2D eigenvalue weighted by atomic mass is 10.3. The van der Waals surface area contributed by atoms with Gasteiger partial charge in [0.2, 0.25) is 10.0 Å². The second-order valence-electron chi connectivity index (χ2n) is 4.73. The number of aromatic nitrogens is 2. The van der Waals surface area contributed by atoms with E-state index < -0.39 is 10.0 Å². The number of sulfonamides is 1. The Bertz CT molecular complexity index is 501. The molecule has 0 atom stereocenters. The smallest absolute Gasteiger partial charge is 0.214 e. The van der Waals surface area contributed by atoms with E-state index in [0.29, 0.717) is 31.8 Å². The molecule has 2 heterocycles. The minimum absolute atomic E-state index is 0.193. The van der Waals surface area contributed by atoms with E-state index in [0.717, 1.165) is 18.9 Å². The normalized spacial score (nSPS) is 18.2. The van der Waals surface area contributed by atoms with Crippen LogP contribution in [0.25, 0.3) is 0 Å². The van der Waals surface area contributed by atoms with Crippen LogP contribution in [0.5, 0.6) is 0 Å². The topological polar surface area (TPSA) is 66.4 Å². The molecule has 1 aromatic heterocycles. The molecule has 0 bridgehead atoms. The van der Waals surface area contributed by atoms with Gasteiger partial charge in [0.1, 0.15) is 5.82 Å². The third-order valence-electron chi connectivity index (χ3n) is 3.27. The van der Waals surface area contributed by atoms with Gasteiger partial charge in [0.15, 0.2) is 0 Å². The maximum atomic E-state index is 12.1. The van der Waals surface area contributed by atoms with Crippen LogP contribution < -0.4 is 0 Å². The SMILES string of the molecule is O=S(=O)(CCCS)N1CCN(Cc2ncccn2)CC1. The Morgan fingerprint density at radius 3 is 2.40 bits per heavy atom. The molecule has 0 amide bonds. The van der Waals surface area contributed by atoms with E-state index in [2.05, 4.69) is 27.5 Å². The number of rotatable bonds is 6. The first-order valence-corrected chi connectivity index (χ1v) is 8.93. The zero-order valence-corrected chi connectivity index (χ0v) is 13.1. The van der Waals surface area contributed by atoms with Crippen molar-refractivity contribution < 1.29 is 8.42 Å². The fourth-order valence-electron chi connectivity index (χ4n) is 2.15. The van der Waals surface area contributed by atoms with Crippen molar-refractivity contribution in [3.05, 3.63) is 24.3 Å². The summed E-state index contributed by atoms with van der Waals surface area (Å²) in [6.45, 7) is 3.20. The summed E-state index contributed by atoms with van der Waals surface area (Å²) in [4.78, 5) is 10.6. The molecule has 1 aliphatic rings. The van der Waals surface area contributed by atoms with Crippen LogP contribution in [0.3, 0.4) is 0 Å². The van der Waals surface area contributed by atoms with Gasteiger partial charge in [0.25, 0.3) is 0 Å². The van der Waals surface area contributed by atoms with Crippen molar-refractivity contribution in [2.24, 2.45) is 0 Å². The Kier molecular flexibility index (Phi) is 5.76. The molecule has 0 aromatic carbocycles. The predicted octanol–water partition coefficient (Wildman–Crippen LogP) is 0.244. The highest BCUT2D eigenvalue weighted by atomic mass is 32.2. The summed E-state index contributed by atoms with van der Waals surface area (Å²) in [5, 5.41) is 0. The maximum absolute atomic E-state index is 12.1. The monoisotopic (exact) mass is 316 g/mol. The molecule has 0 radical (unpaired) electrons. The van der Waals surface area contributed by atoms with Gasteiger partial charge in [-0.25, -0.2) is 18.4 Å². The van der Waals surface area contributed by atoms with Gasteiger partial charge in [-0.15, -0.1) is 0 Å². The molecule has 1 saturated heterocycles. The van der Waals surface area contributed by atoms with Crippen LogP contribution in [0.2, 0.25) is 0 Å². The molecule has 8 heteroatoms. The zero-order chi connectivity index (χ0) is 14.4. The van der Waals surface area contributed by atoms with Crippen molar-refractivity contribution in [1.29, 1.82) is 0 Å². The molecule has 1 aromatic rings. The van der Waals surface area contributed by atoms with Crippen LogP contribution >= 0.6 is 12.6 Å². The van der Waals surface area contributed by atoms with Gasteiger partial charge in [-0.05, 0) is 18.2 Å². The number of hydrogen-bond acceptors (Lipinski definition) is 6. The Morgan fingerprint density at radius 1 is 1.15 bits per heavy atom. The largest absolute Gasteiger partial charge is 0.293 e. The quantitative estimate of drug-likeness (QED) is 0.762. The Morgan fingerprint density at radius 2 is 1.80 bits per heavy atom. The van der Waals surface area contributed by atoms with E-state index in [1.54, 1.807) is 22.8 Å². The van der Waals surface area contributed by atoms with Crippen LogP contribution in [0, 0.1) is 0 Å². The predicted molar refractivity (Wildman–Crippen MR) is 81.1 cm³/mol. The molecule has 0 saturated carbocycles. The number of piperazine rings is 1. The summed E-state index contributed by atoms with van der Waals surface area (Å²) in [6, 6.07) is 1.79. The summed E-state index contributed by atoms with van der Waals surface area (Å²) in [6.07, 6.45) is 4.05. The van der Waals surface area contributed by atoms with Gasteiger partial charge in [0.05, 0.1) is 12.3 Å². The van der Waals surface area contributed by atoms with E-state index in [1.165, 1.54) is 0 Å². The highest BCUT2D eigenvalue weighted by Gasteiger charge is 2.26. The van der Waals surface area contributed by atoms with Crippen molar-refractivity contribution in [3.8, 4) is 0 Å². The first-order valence-electron chi connectivity index (χ1n) is 6.69. The summed E-state index contributed by atoms with van der Waals surface area (Å²) in [7, 11) is -3.12. The fourth-order valence-corrected chi connectivity index (χ4v) is 4.01. The second kappa shape index (κ2) is 7.35. The number of hydrogen-bond donors (Lipinski definition) is 1. The lowest BCUT2D eigenvalue weighted by Gasteiger charge is -2.33. The van der Waals surface area contributed by atoms with Gasteiger partial charge in [-0.3, -0.25) is 4.90 Å². The lowest BCUT2D eigenvalue weighted by molar-refractivity contribution is 0.178. The minimum Gasteiger partial charge on any atom is -0.293 e. The van der Waals surface area contributed by atoms with Gasteiger partial charge < -0.3 is 0 Å². The number of thiol groups is 1. The van der Waals surface area contributed by atoms with E-state index >= 15 is 0 Å². The Hall–Kier alpha value is -0.700. The molecule has 0 spiro atoms. The Balaban J connectivity index is 1.83. The second-order valence-corrected chi connectivity index (χ2v) is 7.27. The lowest BCUT2D eigenvalue weighted by Crippen LogP contribution is -2.49. The summed E-state index contributed by atoms with van der Waals surface area (Å²) >= 11 is 4.06. The highest BCUT2D eigenvalue weighted by Crippen LogP contribution is 2.10. The summed E-state index contributed by atoms with van der Waals surface area (Å²) < 4.78 is 25.7. The van der Waals surface area contributed by atoms with Crippen molar-refractivity contribution in [1.82, 2.24) is 19.2 Å². The van der Waals surface area contributed by atoms with Crippen LogP contribution in [-0.2, 0) is 16.6 Å². The summed E-state index contributed by atoms with van der Waals surface area (Å²) in [5.74, 6) is 1.57. The number of nitrogens with zero attached hydrogens (tertiary/aromatic N) is 4. The molecule has 6 nitrogen and oxygen atoms in total.